The molecule has 0 bridgehead atoms. The van der Waals surface area contributed by atoms with E-state index in [0.29, 0.717) is 5.95 Å². The van der Waals surface area contributed by atoms with Crippen LogP contribution in [0.15, 0.2) is 28.9 Å². The first-order chi connectivity index (χ1) is 9.29. The molecular weight excluding hydrogens is 314 g/mol. The molecule has 0 saturated carbocycles. The largest absolute Gasteiger partial charge is 0.369 e. The third kappa shape index (κ3) is 3.23. The van der Waals surface area contributed by atoms with Crippen LogP contribution in [0, 0.1) is 0 Å². The monoisotopic (exact) mass is 335 g/mol. The molecule has 1 heterocycles. The SMILES string of the molecule is Cn1c(N)nc(Br)c1CCc1ccc(C(C)(C)C)cc1. The van der Waals surface area contributed by atoms with Crippen molar-refractivity contribution >= 4 is 21.9 Å². The van der Waals surface area contributed by atoms with Crippen LogP contribution in [-0.2, 0) is 25.3 Å². The molecule has 0 aliphatic heterocycles. The zero-order valence-electron chi connectivity index (χ0n) is 12.6. The maximum absolute atomic E-state index is 5.80. The molecule has 0 aliphatic carbocycles. The Morgan fingerprint density at radius 3 is 2.20 bits per heavy atom. The Morgan fingerprint density at radius 1 is 1.15 bits per heavy atom. The van der Waals surface area contributed by atoms with E-state index < -0.39 is 0 Å². The maximum atomic E-state index is 5.80. The van der Waals surface area contributed by atoms with Gasteiger partial charge in [0, 0.05) is 7.05 Å². The summed E-state index contributed by atoms with van der Waals surface area (Å²) in [7, 11) is 1.95. The number of halogens is 1. The summed E-state index contributed by atoms with van der Waals surface area (Å²) in [6, 6.07) is 8.88. The molecule has 0 saturated heterocycles. The molecular formula is C16H22BrN3. The number of aromatic nitrogens is 2. The number of imidazole rings is 1. The minimum absolute atomic E-state index is 0.206. The lowest BCUT2D eigenvalue weighted by Crippen LogP contribution is -2.10. The van der Waals surface area contributed by atoms with Crippen LogP contribution in [0.3, 0.4) is 0 Å². The third-order valence-corrected chi connectivity index (χ3v) is 4.30. The summed E-state index contributed by atoms with van der Waals surface area (Å²) in [6.07, 6.45) is 1.91. The second kappa shape index (κ2) is 5.60. The lowest BCUT2D eigenvalue weighted by atomic mass is 9.86. The van der Waals surface area contributed by atoms with Crippen molar-refractivity contribution in [2.24, 2.45) is 7.05 Å². The molecule has 108 valence electrons. The Balaban J connectivity index is 2.08. The molecule has 3 nitrogen and oxygen atoms in total. The number of rotatable bonds is 3. The summed E-state index contributed by atoms with van der Waals surface area (Å²) in [4.78, 5) is 4.23. The Morgan fingerprint density at radius 2 is 1.75 bits per heavy atom. The lowest BCUT2D eigenvalue weighted by molar-refractivity contribution is 0.590. The summed E-state index contributed by atoms with van der Waals surface area (Å²) in [5.74, 6) is 0.551. The Kier molecular flexibility index (Phi) is 4.23. The number of hydrogen-bond donors (Lipinski definition) is 1. The summed E-state index contributed by atoms with van der Waals surface area (Å²) < 4.78 is 2.79. The molecule has 2 N–H and O–H groups in total. The number of nitrogens with two attached hydrogens (primary N) is 1. The molecule has 0 fully saturated rings. The Labute approximate surface area is 129 Å². The molecule has 1 aromatic carbocycles. The normalized spacial score (nSPS) is 11.8. The van der Waals surface area contributed by atoms with Crippen molar-refractivity contribution in [3.63, 3.8) is 0 Å². The quantitative estimate of drug-likeness (QED) is 0.925. The van der Waals surface area contributed by atoms with E-state index in [0.717, 1.165) is 23.1 Å². The molecule has 0 unspecified atom stereocenters. The highest BCUT2D eigenvalue weighted by Gasteiger charge is 2.13. The van der Waals surface area contributed by atoms with Gasteiger partial charge in [-0.3, -0.25) is 0 Å². The number of nitrogens with zero attached hydrogens (tertiary/aromatic N) is 2. The van der Waals surface area contributed by atoms with Crippen LogP contribution >= 0.6 is 15.9 Å². The molecule has 2 rings (SSSR count). The van der Waals surface area contributed by atoms with Gasteiger partial charge in [0.05, 0.1) is 5.69 Å². The van der Waals surface area contributed by atoms with E-state index in [-0.39, 0.29) is 5.41 Å². The minimum Gasteiger partial charge on any atom is -0.369 e. The predicted molar refractivity (Wildman–Crippen MR) is 87.9 cm³/mol. The minimum atomic E-state index is 0.206. The van der Waals surface area contributed by atoms with Gasteiger partial charge in [0.2, 0.25) is 5.95 Å². The standard InChI is InChI=1S/C16H22BrN3/c1-16(2,3)12-8-5-11(6-9-12)7-10-13-14(17)19-15(18)20(13)4/h5-6,8-9H,7,10H2,1-4H3,(H2,18,19). The summed E-state index contributed by atoms with van der Waals surface area (Å²) >= 11 is 3.47. The first-order valence-corrected chi connectivity index (χ1v) is 7.64. The second-order valence-electron chi connectivity index (χ2n) is 6.21. The van der Waals surface area contributed by atoms with Gasteiger partial charge in [0.15, 0.2) is 0 Å². The van der Waals surface area contributed by atoms with Crippen LogP contribution < -0.4 is 5.73 Å². The fourth-order valence-electron chi connectivity index (χ4n) is 2.22. The lowest BCUT2D eigenvalue weighted by Gasteiger charge is -2.19. The van der Waals surface area contributed by atoms with Gasteiger partial charge in [-0.2, -0.15) is 0 Å². The van der Waals surface area contributed by atoms with Crippen LogP contribution in [0.25, 0.3) is 0 Å². The van der Waals surface area contributed by atoms with Crippen molar-refractivity contribution in [1.82, 2.24) is 9.55 Å². The highest BCUT2D eigenvalue weighted by molar-refractivity contribution is 9.10. The van der Waals surface area contributed by atoms with Crippen molar-refractivity contribution < 1.29 is 0 Å². The average molecular weight is 336 g/mol. The highest BCUT2D eigenvalue weighted by atomic mass is 79.9. The first-order valence-electron chi connectivity index (χ1n) is 6.85. The maximum Gasteiger partial charge on any atom is 0.201 e. The van der Waals surface area contributed by atoms with Crippen LogP contribution in [0.1, 0.15) is 37.6 Å². The van der Waals surface area contributed by atoms with Crippen LogP contribution in [0.2, 0.25) is 0 Å². The number of hydrogen-bond acceptors (Lipinski definition) is 2. The zero-order chi connectivity index (χ0) is 14.9. The average Bonchev–Trinajstić information content (AvgIpc) is 2.61. The van der Waals surface area contributed by atoms with Crippen LogP contribution in [0.4, 0.5) is 5.95 Å². The van der Waals surface area contributed by atoms with Gasteiger partial charge in [-0.15, -0.1) is 0 Å². The topological polar surface area (TPSA) is 43.8 Å². The number of anilines is 1. The highest BCUT2D eigenvalue weighted by Crippen LogP contribution is 2.23. The van der Waals surface area contributed by atoms with E-state index in [4.69, 9.17) is 5.73 Å². The van der Waals surface area contributed by atoms with Crippen molar-refractivity contribution in [3.8, 4) is 0 Å². The van der Waals surface area contributed by atoms with Gasteiger partial charge in [-0.1, -0.05) is 45.0 Å². The molecule has 0 atom stereocenters. The third-order valence-electron chi connectivity index (χ3n) is 3.67. The molecule has 0 amide bonds. The van der Waals surface area contributed by atoms with Crippen LogP contribution in [-0.4, -0.2) is 9.55 Å². The summed E-state index contributed by atoms with van der Waals surface area (Å²) in [5, 5.41) is 0. The zero-order valence-corrected chi connectivity index (χ0v) is 14.2. The Hall–Kier alpha value is -1.29. The smallest absolute Gasteiger partial charge is 0.201 e. The number of aryl methyl sites for hydroxylation is 1. The molecule has 1 aromatic heterocycles. The molecule has 4 heteroatoms. The van der Waals surface area contributed by atoms with E-state index in [9.17, 15) is 0 Å². The predicted octanol–water partition coefficient (Wildman–Crippen LogP) is 3.85. The van der Waals surface area contributed by atoms with E-state index in [1.807, 2.05) is 11.6 Å². The number of benzene rings is 1. The van der Waals surface area contributed by atoms with E-state index in [1.54, 1.807) is 0 Å². The molecule has 0 radical (unpaired) electrons. The second-order valence-corrected chi connectivity index (χ2v) is 6.96. The van der Waals surface area contributed by atoms with E-state index in [1.165, 1.54) is 11.1 Å². The van der Waals surface area contributed by atoms with Gasteiger partial charge in [-0.25, -0.2) is 4.98 Å². The molecule has 0 spiro atoms. The van der Waals surface area contributed by atoms with E-state index in [2.05, 4.69) is 66.0 Å². The van der Waals surface area contributed by atoms with Gasteiger partial charge in [0.1, 0.15) is 4.60 Å². The fourth-order valence-corrected chi connectivity index (χ4v) is 2.87. The number of nitrogen functional groups attached to an aromatic ring is 1. The fraction of sp³-hybridized carbons (Fsp3) is 0.438. The van der Waals surface area contributed by atoms with E-state index >= 15 is 0 Å². The molecule has 0 aliphatic rings. The molecule has 2 aromatic rings. The van der Waals surface area contributed by atoms with Gasteiger partial charge in [0.25, 0.3) is 0 Å². The Bertz CT molecular complexity index is 591. The van der Waals surface area contributed by atoms with Gasteiger partial charge in [-0.05, 0) is 45.3 Å². The van der Waals surface area contributed by atoms with Crippen molar-refractivity contribution in [2.75, 3.05) is 5.73 Å². The van der Waals surface area contributed by atoms with Gasteiger partial charge >= 0.3 is 0 Å². The molecule has 20 heavy (non-hydrogen) atoms. The van der Waals surface area contributed by atoms with Crippen LogP contribution in [0.5, 0.6) is 0 Å². The first kappa shape index (κ1) is 15.1. The van der Waals surface area contributed by atoms with Crippen molar-refractivity contribution in [2.45, 2.75) is 39.0 Å². The van der Waals surface area contributed by atoms with Crippen molar-refractivity contribution in [1.29, 1.82) is 0 Å². The summed E-state index contributed by atoms with van der Waals surface area (Å²) in [5.41, 5.74) is 9.85. The summed E-state index contributed by atoms with van der Waals surface area (Å²) in [6.45, 7) is 6.70. The van der Waals surface area contributed by atoms with Crippen molar-refractivity contribution in [3.05, 3.63) is 45.7 Å². The van der Waals surface area contributed by atoms with Gasteiger partial charge < -0.3 is 10.3 Å².